The molecule has 4 heteroatoms. The van der Waals surface area contributed by atoms with Crippen LogP contribution in [-0.2, 0) is 0 Å². The number of benzene rings is 2. The minimum atomic E-state index is 0.663. The van der Waals surface area contributed by atoms with Crippen LogP contribution in [-0.4, -0.2) is 26.3 Å². The molecule has 0 spiro atoms. The summed E-state index contributed by atoms with van der Waals surface area (Å²) in [6.45, 7) is 3.30. The molecule has 1 heterocycles. The third-order valence-corrected chi connectivity index (χ3v) is 4.01. The first kappa shape index (κ1) is 14.3. The van der Waals surface area contributed by atoms with Crippen molar-refractivity contribution in [1.82, 2.24) is 0 Å². The number of hydrogen-bond donors (Lipinski definition) is 0. The zero-order valence-corrected chi connectivity index (χ0v) is 13.4. The van der Waals surface area contributed by atoms with Crippen molar-refractivity contribution in [1.29, 1.82) is 0 Å². The minimum absolute atomic E-state index is 0.663. The van der Waals surface area contributed by atoms with Crippen molar-refractivity contribution in [2.45, 2.75) is 6.42 Å². The first-order valence-corrected chi connectivity index (χ1v) is 7.97. The lowest BCUT2D eigenvalue weighted by atomic mass is 10.2. The lowest BCUT2D eigenvalue weighted by Gasteiger charge is -2.23. The lowest BCUT2D eigenvalue weighted by molar-refractivity contribution is 0.317. The average Bonchev–Trinajstić information content (AvgIpc) is 2.72. The summed E-state index contributed by atoms with van der Waals surface area (Å²) in [5, 5.41) is 0. The largest absolute Gasteiger partial charge is 0.492 e. The van der Waals surface area contributed by atoms with Gasteiger partial charge in [-0.2, -0.15) is 0 Å². The Hall–Kier alpha value is -1.68. The zero-order chi connectivity index (χ0) is 14.5. The molecule has 3 nitrogen and oxygen atoms in total. The van der Waals surface area contributed by atoms with Gasteiger partial charge in [-0.1, -0.05) is 28.1 Å². The van der Waals surface area contributed by atoms with Crippen LogP contribution in [0.1, 0.15) is 6.42 Å². The van der Waals surface area contributed by atoms with Crippen LogP contribution < -0.4 is 14.4 Å². The van der Waals surface area contributed by atoms with E-state index in [-0.39, 0.29) is 0 Å². The summed E-state index contributed by atoms with van der Waals surface area (Å²) < 4.78 is 12.6. The summed E-state index contributed by atoms with van der Waals surface area (Å²) in [5.41, 5.74) is 1.16. The predicted octanol–water partition coefficient (Wildman–Crippen LogP) is 4.12. The number of rotatable bonds is 4. The molecule has 0 radical (unpaired) electrons. The van der Waals surface area contributed by atoms with E-state index >= 15 is 0 Å². The standard InChI is InChI=1S/C17H18BrNO2/c18-14-6-8-15(9-7-14)20-13-11-19-10-3-12-21-17-5-2-1-4-16(17)19/h1-2,4-9H,3,10-13H2. The van der Waals surface area contributed by atoms with Crippen LogP contribution in [0, 0.1) is 0 Å². The Morgan fingerprint density at radius 3 is 2.76 bits per heavy atom. The molecule has 0 unspecified atom stereocenters. The van der Waals surface area contributed by atoms with E-state index < -0.39 is 0 Å². The monoisotopic (exact) mass is 347 g/mol. The summed E-state index contributed by atoms with van der Waals surface area (Å²) in [6.07, 6.45) is 1.03. The molecule has 0 saturated carbocycles. The van der Waals surface area contributed by atoms with Gasteiger partial charge in [-0.15, -0.1) is 0 Å². The second kappa shape index (κ2) is 6.85. The number of halogens is 1. The highest BCUT2D eigenvalue weighted by Crippen LogP contribution is 2.30. The quantitative estimate of drug-likeness (QED) is 0.830. The fraction of sp³-hybridized carbons (Fsp3) is 0.294. The van der Waals surface area contributed by atoms with Crippen LogP contribution in [0.5, 0.6) is 11.5 Å². The van der Waals surface area contributed by atoms with Gasteiger partial charge in [-0.05, 0) is 42.8 Å². The first-order chi connectivity index (χ1) is 10.3. The average molecular weight is 348 g/mol. The van der Waals surface area contributed by atoms with E-state index in [4.69, 9.17) is 9.47 Å². The zero-order valence-electron chi connectivity index (χ0n) is 11.8. The van der Waals surface area contributed by atoms with Crippen LogP contribution in [0.25, 0.3) is 0 Å². The van der Waals surface area contributed by atoms with Crippen LogP contribution in [0.3, 0.4) is 0 Å². The summed E-state index contributed by atoms with van der Waals surface area (Å²) in [6, 6.07) is 16.1. The van der Waals surface area contributed by atoms with Crippen molar-refractivity contribution in [2.75, 3.05) is 31.2 Å². The summed E-state index contributed by atoms with van der Waals surface area (Å²) in [4.78, 5) is 2.33. The maximum Gasteiger partial charge on any atom is 0.142 e. The van der Waals surface area contributed by atoms with Gasteiger partial charge in [-0.3, -0.25) is 0 Å². The van der Waals surface area contributed by atoms with Crippen molar-refractivity contribution >= 4 is 21.6 Å². The molecule has 3 rings (SSSR count). The molecule has 0 N–H and O–H groups in total. The maximum absolute atomic E-state index is 5.82. The van der Waals surface area contributed by atoms with Crippen LogP contribution in [0.4, 0.5) is 5.69 Å². The molecule has 0 bridgehead atoms. The number of anilines is 1. The fourth-order valence-electron chi connectivity index (χ4n) is 2.44. The van der Waals surface area contributed by atoms with E-state index in [0.29, 0.717) is 6.61 Å². The lowest BCUT2D eigenvalue weighted by Crippen LogP contribution is -2.28. The van der Waals surface area contributed by atoms with Gasteiger partial charge in [0.05, 0.1) is 18.8 Å². The topological polar surface area (TPSA) is 21.7 Å². The molecule has 0 saturated heterocycles. The Labute approximate surface area is 133 Å². The molecule has 110 valence electrons. The molecule has 0 aliphatic carbocycles. The van der Waals surface area contributed by atoms with Crippen LogP contribution >= 0.6 is 15.9 Å². The number of para-hydroxylation sites is 2. The second-order valence-corrected chi connectivity index (χ2v) is 5.87. The Kier molecular flexibility index (Phi) is 4.65. The highest BCUT2D eigenvalue weighted by Gasteiger charge is 2.15. The van der Waals surface area contributed by atoms with Gasteiger partial charge in [-0.25, -0.2) is 0 Å². The highest BCUT2D eigenvalue weighted by molar-refractivity contribution is 9.10. The fourth-order valence-corrected chi connectivity index (χ4v) is 2.70. The molecule has 2 aromatic rings. The molecule has 0 fully saturated rings. The Morgan fingerprint density at radius 1 is 1.10 bits per heavy atom. The van der Waals surface area contributed by atoms with Crippen molar-refractivity contribution < 1.29 is 9.47 Å². The third kappa shape index (κ3) is 3.70. The third-order valence-electron chi connectivity index (χ3n) is 3.48. The smallest absolute Gasteiger partial charge is 0.142 e. The number of fused-ring (bicyclic) bond motifs is 1. The second-order valence-electron chi connectivity index (χ2n) is 4.96. The van der Waals surface area contributed by atoms with Gasteiger partial charge in [0.25, 0.3) is 0 Å². The Morgan fingerprint density at radius 2 is 1.90 bits per heavy atom. The normalized spacial score (nSPS) is 14.0. The molecule has 21 heavy (non-hydrogen) atoms. The molecule has 1 aliphatic heterocycles. The van der Waals surface area contributed by atoms with Gasteiger partial charge in [0.15, 0.2) is 0 Å². The molecular weight excluding hydrogens is 330 g/mol. The number of hydrogen-bond acceptors (Lipinski definition) is 3. The van der Waals surface area contributed by atoms with Crippen LogP contribution in [0.15, 0.2) is 53.0 Å². The van der Waals surface area contributed by atoms with Gasteiger partial charge in [0.1, 0.15) is 18.1 Å². The van der Waals surface area contributed by atoms with E-state index in [0.717, 1.165) is 47.8 Å². The molecule has 1 aliphatic rings. The van der Waals surface area contributed by atoms with Gasteiger partial charge in [0.2, 0.25) is 0 Å². The van der Waals surface area contributed by atoms with Crippen molar-refractivity contribution in [2.24, 2.45) is 0 Å². The summed E-state index contributed by atoms with van der Waals surface area (Å²) in [5.74, 6) is 1.87. The Bertz CT molecular complexity index is 586. The maximum atomic E-state index is 5.82. The number of nitrogens with zero attached hydrogens (tertiary/aromatic N) is 1. The highest BCUT2D eigenvalue weighted by atomic mass is 79.9. The van der Waals surface area contributed by atoms with Crippen molar-refractivity contribution in [3.05, 3.63) is 53.0 Å². The van der Waals surface area contributed by atoms with E-state index in [1.807, 2.05) is 36.4 Å². The van der Waals surface area contributed by atoms with Crippen molar-refractivity contribution in [3.63, 3.8) is 0 Å². The molecule has 0 amide bonds. The SMILES string of the molecule is Brc1ccc(OCCN2CCCOc3ccccc32)cc1. The van der Waals surface area contributed by atoms with E-state index in [2.05, 4.69) is 33.0 Å². The minimum Gasteiger partial charge on any atom is -0.492 e. The van der Waals surface area contributed by atoms with E-state index in [1.165, 1.54) is 0 Å². The first-order valence-electron chi connectivity index (χ1n) is 7.18. The molecule has 0 atom stereocenters. The summed E-state index contributed by atoms with van der Waals surface area (Å²) >= 11 is 3.43. The Balaban J connectivity index is 1.61. The van der Waals surface area contributed by atoms with Gasteiger partial charge >= 0.3 is 0 Å². The van der Waals surface area contributed by atoms with Gasteiger partial charge < -0.3 is 14.4 Å². The summed E-state index contributed by atoms with van der Waals surface area (Å²) in [7, 11) is 0. The molecule has 2 aromatic carbocycles. The van der Waals surface area contributed by atoms with E-state index in [9.17, 15) is 0 Å². The predicted molar refractivity (Wildman–Crippen MR) is 88.4 cm³/mol. The van der Waals surface area contributed by atoms with Crippen LogP contribution in [0.2, 0.25) is 0 Å². The molecular formula is C17H18BrNO2. The molecule has 0 aromatic heterocycles. The van der Waals surface area contributed by atoms with Gasteiger partial charge in [0, 0.05) is 11.0 Å². The number of ether oxygens (including phenoxy) is 2. The van der Waals surface area contributed by atoms with E-state index in [1.54, 1.807) is 0 Å². The van der Waals surface area contributed by atoms with Crippen molar-refractivity contribution in [3.8, 4) is 11.5 Å².